The molecule has 0 fully saturated rings. The van der Waals surface area contributed by atoms with Crippen LogP contribution in [0.5, 0.6) is 0 Å². The first-order valence-corrected chi connectivity index (χ1v) is 9.85. The smallest absolute Gasteiger partial charge is 0.348 e. The lowest BCUT2D eigenvalue weighted by Gasteiger charge is -2.28. The van der Waals surface area contributed by atoms with E-state index in [1.807, 2.05) is 59.2 Å². The highest BCUT2D eigenvalue weighted by Crippen LogP contribution is 2.32. The predicted octanol–water partition coefficient (Wildman–Crippen LogP) is 3.85. The number of methoxy groups -OCH3 is 1. The van der Waals surface area contributed by atoms with Crippen LogP contribution in [-0.2, 0) is 9.53 Å². The fourth-order valence-electron chi connectivity index (χ4n) is 3.52. The van der Waals surface area contributed by atoms with Crippen molar-refractivity contribution in [3.63, 3.8) is 0 Å². The predicted molar refractivity (Wildman–Crippen MR) is 114 cm³/mol. The molecule has 28 heavy (non-hydrogen) atoms. The van der Waals surface area contributed by atoms with E-state index in [9.17, 15) is 4.79 Å². The van der Waals surface area contributed by atoms with Crippen LogP contribution >= 0.6 is 15.9 Å². The molecule has 2 aromatic carbocycles. The van der Waals surface area contributed by atoms with E-state index in [2.05, 4.69) is 45.5 Å². The number of carbonyl (C=O) groups is 1. The van der Waals surface area contributed by atoms with Gasteiger partial charge in [-0.3, -0.25) is 5.32 Å². The van der Waals surface area contributed by atoms with Gasteiger partial charge in [0.25, 0.3) is 5.84 Å². The Bertz CT molecular complexity index is 1020. The van der Waals surface area contributed by atoms with Gasteiger partial charge in [-0.05, 0) is 30.4 Å². The minimum absolute atomic E-state index is 0.0145. The summed E-state index contributed by atoms with van der Waals surface area (Å²) in [5.74, 6) is 0.590. The number of hydrogen-bond acceptors (Lipinski definition) is 3. The van der Waals surface area contributed by atoms with Crippen LogP contribution in [0.2, 0.25) is 0 Å². The van der Waals surface area contributed by atoms with Gasteiger partial charge in [0.05, 0.1) is 12.7 Å². The molecule has 1 aliphatic heterocycles. The largest absolute Gasteiger partial charge is 0.466 e. The van der Waals surface area contributed by atoms with Gasteiger partial charge in [-0.25, -0.2) is 9.37 Å². The Hall–Kier alpha value is -2.92. The average Bonchev–Trinajstić information content (AvgIpc) is 2.74. The molecule has 4 nitrogen and oxygen atoms in total. The molecule has 1 aliphatic carbocycles. The number of halogens is 1. The van der Waals surface area contributed by atoms with Gasteiger partial charge < -0.3 is 4.74 Å². The zero-order valence-electron chi connectivity index (χ0n) is 15.4. The molecule has 0 unspecified atom stereocenters. The lowest BCUT2D eigenvalue weighted by atomic mass is 9.93. The minimum Gasteiger partial charge on any atom is -0.466 e. The van der Waals surface area contributed by atoms with E-state index in [1.54, 1.807) is 0 Å². The third-order valence-electron chi connectivity index (χ3n) is 4.79. The van der Waals surface area contributed by atoms with Crippen molar-refractivity contribution < 1.29 is 14.1 Å². The van der Waals surface area contributed by atoms with Crippen LogP contribution in [0.15, 0.2) is 88.9 Å². The number of nitrogens with zero attached hydrogens (tertiary/aromatic N) is 1. The maximum absolute atomic E-state index is 12.3. The summed E-state index contributed by atoms with van der Waals surface area (Å²) < 4.78 is 8.00. The molecule has 2 aromatic rings. The molecular weight excluding hydrogens is 416 g/mol. The van der Waals surface area contributed by atoms with Crippen LogP contribution in [0.25, 0.3) is 5.70 Å². The quantitative estimate of drug-likeness (QED) is 0.585. The zero-order chi connectivity index (χ0) is 19.5. The standard InChI is InChI=1S/C23H19BrN2O2/c1-28-21(27)15-26-22(16-8-4-2-5-9-16)19-14-18(24)12-13-20(19)25-23(26)17-10-6-3-7-11-17/h2-14,20H,15H2,1H3/p+1/t20-/m1/s1. The van der Waals surface area contributed by atoms with Crippen LogP contribution in [0, 0.1) is 0 Å². The topological polar surface area (TPSA) is 41.3 Å². The van der Waals surface area contributed by atoms with Crippen molar-refractivity contribution in [1.82, 2.24) is 5.32 Å². The minimum atomic E-state index is -0.294. The highest BCUT2D eigenvalue weighted by atomic mass is 79.9. The van der Waals surface area contributed by atoms with Gasteiger partial charge in [0.1, 0.15) is 11.7 Å². The van der Waals surface area contributed by atoms with Crippen molar-refractivity contribution in [2.24, 2.45) is 0 Å². The Kier molecular flexibility index (Phi) is 5.26. The van der Waals surface area contributed by atoms with Crippen LogP contribution in [-0.4, -0.2) is 36.1 Å². The van der Waals surface area contributed by atoms with Gasteiger partial charge in [-0.1, -0.05) is 64.5 Å². The lowest BCUT2D eigenvalue weighted by molar-refractivity contribution is -0.427. The Labute approximate surface area is 172 Å². The van der Waals surface area contributed by atoms with Gasteiger partial charge in [-0.2, -0.15) is 0 Å². The highest BCUT2D eigenvalue weighted by molar-refractivity contribution is 9.11. The normalized spacial score (nSPS) is 18.4. The Morgan fingerprint density at radius 2 is 1.71 bits per heavy atom. The van der Waals surface area contributed by atoms with Crippen molar-refractivity contribution in [2.75, 3.05) is 13.7 Å². The number of allylic oxidation sites excluding steroid dienone is 2. The number of hydrogen-bond donors (Lipinski definition) is 1. The van der Waals surface area contributed by atoms with E-state index in [0.717, 1.165) is 32.7 Å². The molecule has 0 saturated heterocycles. The number of rotatable bonds is 4. The third kappa shape index (κ3) is 3.58. The first-order valence-electron chi connectivity index (χ1n) is 9.05. The van der Waals surface area contributed by atoms with E-state index in [4.69, 9.17) is 4.74 Å². The van der Waals surface area contributed by atoms with Crippen LogP contribution in [0.4, 0.5) is 0 Å². The van der Waals surface area contributed by atoms with Crippen molar-refractivity contribution in [1.29, 1.82) is 0 Å². The monoisotopic (exact) mass is 435 g/mol. The summed E-state index contributed by atoms with van der Waals surface area (Å²) in [7, 11) is 1.42. The number of esters is 1. The molecule has 4 rings (SSSR count). The Morgan fingerprint density at radius 1 is 1.07 bits per heavy atom. The van der Waals surface area contributed by atoms with Crippen molar-refractivity contribution in [3.8, 4) is 0 Å². The number of fused-ring (bicyclic) bond motifs is 1. The molecular formula is C23H20BrN2O2+. The molecule has 0 saturated carbocycles. The molecule has 5 heteroatoms. The van der Waals surface area contributed by atoms with Crippen LogP contribution in [0.1, 0.15) is 11.1 Å². The van der Waals surface area contributed by atoms with Crippen LogP contribution < -0.4 is 5.32 Å². The summed E-state index contributed by atoms with van der Waals surface area (Å²) in [5.41, 5.74) is 4.16. The summed E-state index contributed by atoms with van der Waals surface area (Å²) in [4.78, 5) is 12.3. The van der Waals surface area contributed by atoms with E-state index in [-0.39, 0.29) is 18.6 Å². The number of nitrogens with one attached hydrogen (secondary N) is 1. The maximum atomic E-state index is 12.3. The van der Waals surface area contributed by atoms with Gasteiger partial charge in [-0.15, -0.1) is 0 Å². The molecule has 140 valence electrons. The van der Waals surface area contributed by atoms with E-state index in [0.29, 0.717) is 0 Å². The van der Waals surface area contributed by atoms with Crippen molar-refractivity contribution >= 4 is 33.4 Å². The number of carbonyl (C=O) groups excluding carboxylic acids is 1. The maximum Gasteiger partial charge on any atom is 0.348 e. The van der Waals surface area contributed by atoms with Crippen LogP contribution in [0.3, 0.4) is 0 Å². The second kappa shape index (κ2) is 7.98. The van der Waals surface area contributed by atoms with Gasteiger partial charge in [0, 0.05) is 15.6 Å². The third-order valence-corrected chi connectivity index (χ3v) is 5.28. The molecule has 0 spiro atoms. The number of ether oxygens (including phenoxy) is 1. The van der Waals surface area contributed by atoms with Gasteiger partial charge in [0.15, 0.2) is 6.54 Å². The van der Waals surface area contributed by atoms with Crippen molar-refractivity contribution in [3.05, 3.63) is 100 Å². The first kappa shape index (κ1) is 18.4. The average molecular weight is 436 g/mol. The first-order chi connectivity index (χ1) is 13.7. The molecule has 1 atom stereocenters. The van der Waals surface area contributed by atoms with E-state index in [1.165, 1.54) is 7.11 Å². The number of benzene rings is 2. The second-order valence-corrected chi connectivity index (χ2v) is 7.47. The highest BCUT2D eigenvalue weighted by Gasteiger charge is 2.36. The summed E-state index contributed by atoms with van der Waals surface area (Å²) in [6.07, 6.45) is 6.27. The summed E-state index contributed by atoms with van der Waals surface area (Å²) in [6, 6.07) is 20.2. The summed E-state index contributed by atoms with van der Waals surface area (Å²) >= 11 is 3.59. The molecule has 0 bridgehead atoms. The fraction of sp³-hybridized carbons (Fsp3) is 0.130. The Morgan fingerprint density at radius 3 is 2.36 bits per heavy atom. The molecule has 0 aromatic heterocycles. The summed E-state index contributed by atoms with van der Waals surface area (Å²) in [5, 5.41) is 3.60. The van der Waals surface area contributed by atoms with E-state index >= 15 is 0 Å². The molecule has 1 heterocycles. The Balaban J connectivity index is 1.99. The molecule has 0 radical (unpaired) electrons. The molecule has 0 amide bonds. The van der Waals surface area contributed by atoms with Crippen molar-refractivity contribution in [2.45, 2.75) is 6.04 Å². The van der Waals surface area contributed by atoms with Gasteiger partial charge >= 0.3 is 5.97 Å². The fourth-order valence-corrected chi connectivity index (χ4v) is 3.92. The lowest BCUT2D eigenvalue weighted by Crippen LogP contribution is -2.47. The summed E-state index contributed by atoms with van der Waals surface area (Å²) in [6.45, 7) is 0.114. The number of amidine groups is 1. The second-order valence-electron chi connectivity index (χ2n) is 6.56. The molecule has 1 N–H and O–H groups in total. The SMILES string of the molecule is COC(=O)C[N+]1=C(c2ccccc2)N[C@@H]2C=CC(Br)=CC2=C1c1ccccc1. The molecule has 2 aliphatic rings. The van der Waals surface area contributed by atoms with Gasteiger partial charge in [0.2, 0.25) is 0 Å². The van der Waals surface area contributed by atoms with E-state index < -0.39 is 0 Å². The zero-order valence-corrected chi connectivity index (χ0v) is 17.0.